The Labute approximate surface area is 248 Å². The first-order valence-electron chi connectivity index (χ1n) is 15.4. The molecule has 2 heterocycles. The highest BCUT2D eigenvalue weighted by Gasteiger charge is 2.47. The molecule has 2 aliphatic rings. The van der Waals surface area contributed by atoms with Crippen molar-refractivity contribution in [2.24, 2.45) is 0 Å². The minimum atomic E-state index is -0.0560. The second kappa shape index (κ2) is 12.1. The summed E-state index contributed by atoms with van der Waals surface area (Å²) in [5.41, 5.74) is 6.96. The molecule has 4 aromatic carbocycles. The molecular formula is C39H49N2+. The molecule has 1 N–H and O–H groups in total. The van der Waals surface area contributed by atoms with Crippen LogP contribution in [0.2, 0.25) is 0 Å². The second-order valence-electron chi connectivity index (χ2n) is 11.8. The minimum Gasteiger partial charge on any atom is -0.347 e. The molecule has 0 aliphatic carbocycles. The number of hydrogen-bond acceptors (Lipinski definition) is 1. The van der Waals surface area contributed by atoms with Gasteiger partial charge in [-0.05, 0) is 71.3 Å². The first-order valence-corrected chi connectivity index (χ1v) is 15.4. The van der Waals surface area contributed by atoms with E-state index < -0.39 is 0 Å². The molecule has 4 aromatic rings. The predicted octanol–water partition coefficient (Wildman–Crippen LogP) is 9.28. The summed E-state index contributed by atoms with van der Waals surface area (Å²) < 4.78 is 0. The largest absolute Gasteiger partial charge is 0.347 e. The third-order valence-corrected chi connectivity index (χ3v) is 8.92. The van der Waals surface area contributed by atoms with Crippen molar-refractivity contribution in [1.29, 1.82) is 0 Å². The molecule has 0 aromatic heterocycles. The van der Waals surface area contributed by atoms with Crippen LogP contribution in [0.25, 0.3) is 21.5 Å². The molecule has 0 fully saturated rings. The van der Waals surface area contributed by atoms with Crippen LogP contribution in [0.3, 0.4) is 0 Å². The summed E-state index contributed by atoms with van der Waals surface area (Å²) in [6.07, 6.45) is 11.3. The highest BCUT2D eigenvalue weighted by molar-refractivity contribution is 5.95. The molecule has 2 aliphatic heterocycles. The molecule has 0 saturated carbocycles. The highest BCUT2D eigenvalue weighted by Crippen LogP contribution is 2.50. The lowest BCUT2D eigenvalue weighted by atomic mass is 9.78. The monoisotopic (exact) mass is 545 g/mol. The molecule has 0 amide bonds. The van der Waals surface area contributed by atoms with Crippen LogP contribution in [0.15, 0.2) is 109 Å². The summed E-state index contributed by atoms with van der Waals surface area (Å²) >= 11 is 0. The molecule has 41 heavy (non-hydrogen) atoms. The maximum atomic E-state index is 2.40. The Kier molecular flexibility index (Phi) is 8.94. The fourth-order valence-electron chi connectivity index (χ4n) is 7.12. The van der Waals surface area contributed by atoms with Crippen LogP contribution in [-0.4, -0.2) is 20.1 Å². The average molecular weight is 546 g/mol. The third kappa shape index (κ3) is 5.04. The fraction of sp³-hybridized carbons (Fsp3) is 0.333. The van der Waals surface area contributed by atoms with Crippen molar-refractivity contribution < 1.29 is 4.90 Å². The SMILES string of the molecule is CC.CC.CN1/C(=C/C=C/C=C/C2[NH+](C)c3ccc4ccccc4c3C2(C)C)C(C)(C)c2c1ccc1ccccc21. The maximum absolute atomic E-state index is 2.40. The number of hydrogen-bond donors (Lipinski definition) is 1. The van der Waals surface area contributed by atoms with Crippen molar-refractivity contribution in [1.82, 2.24) is 0 Å². The van der Waals surface area contributed by atoms with E-state index in [1.165, 1.54) is 54.6 Å². The summed E-state index contributed by atoms with van der Waals surface area (Å²) in [5.74, 6) is 0. The van der Waals surface area contributed by atoms with Gasteiger partial charge in [-0.3, -0.25) is 4.90 Å². The van der Waals surface area contributed by atoms with Crippen LogP contribution in [0.1, 0.15) is 66.5 Å². The van der Waals surface area contributed by atoms with Gasteiger partial charge in [-0.1, -0.05) is 114 Å². The van der Waals surface area contributed by atoms with Crippen LogP contribution in [-0.2, 0) is 10.8 Å². The number of quaternary nitrogens is 1. The predicted molar refractivity (Wildman–Crippen MR) is 182 cm³/mol. The average Bonchev–Trinajstić information content (AvgIpc) is 3.32. The third-order valence-electron chi connectivity index (χ3n) is 8.92. The summed E-state index contributed by atoms with van der Waals surface area (Å²) in [6.45, 7) is 17.5. The molecular weight excluding hydrogens is 496 g/mol. The molecule has 2 atom stereocenters. The number of nitrogens with zero attached hydrogens (tertiary/aromatic N) is 1. The molecule has 0 saturated heterocycles. The molecule has 0 spiro atoms. The van der Waals surface area contributed by atoms with Crippen LogP contribution < -0.4 is 9.80 Å². The quantitative estimate of drug-likeness (QED) is 0.252. The van der Waals surface area contributed by atoms with Gasteiger partial charge >= 0.3 is 0 Å². The van der Waals surface area contributed by atoms with Crippen molar-refractivity contribution in [3.63, 3.8) is 0 Å². The first kappa shape index (κ1) is 30.3. The van der Waals surface area contributed by atoms with Gasteiger partial charge in [-0.2, -0.15) is 0 Å². The van der Waals surface area contributed by atoms with Gasteiger partial charge in [0.25, 0.3) is 0 Å². The fourth-order valence-corrected chi connectivity index (χ4v) is 7.12. The standard InChI is InChI=1S/C35H36N2.2C2H6/c1-34(2)30(36(5)28-22-20-24-14-10-12-16-26(24)32(28)34)18-8-7-9-19-31-35(3,4)33-27-17-13-11-15-25(27)21-23-29(33)37(31)6;2*1-2/h7-23,30H,1-6H3;2*1-2H3/p+1/b9-7+,18-8+,31-19+;;. The van der Waals surface area contributed by atoms with E-state index in [0.29, 0.717) is 6.04 Å². The second-order valence-corrected chi connectivity index (χ2v) is 11.8. The lowest BCUT2D eigenvalue weighted by molar-refractivity contribution is -0.828. The minimum absolute atomic E-state index is 0.0550. The van der Waals surface area contributed by atoms with Gasteiger partial charge in [0.15, 0.2) is 0 Å². The number of likely N-dealkylation sites (N-methyl/N-ethyl adjacent to an activating group) is 2. The van der Waals surface area contributed by atoms with E-state index in [1.807, 2.05) is 27.7 Å². The molecule has 0 bridgehead atoms. The van der Waals surface area contributed by atoms with E-state index in [1.54, 1.807) is 0 Å². The zero-order valence-corrected chi connectivity index (χ0v) is 26.8. The molecule has 6 rings (SSSR count). The molecule has 2 nitrogen and oxygen atoms in total. The van der Waals surface area contributed by atoms with Gasteiger partial charge in [0, 0.05) is 29.4 Å². The Hall–Kier alpha value is -3.62. The van der Waals surface area contributed by atoms with E-state index in [-0.39, 0.29) is 10.8 Å². The van der Waals surface area contributed by atoms with Gasteiger partial charge in [0.05, 0.1) is 12.5 Å². The zero-order valence-electron chi connectivity index (χ0n) is 26.8. The molecule has 0 radical (unpaired) electrons. The normalized spacial score (nSPS) is 21.1. The smallest absolute Gasteiger partial charge is 0.136 e. The Balaban J connectivity index is 0.000000929. The molecule has 214 valence electrons. The van der Waals surface area contributed by atoms with E-state index in [4.69, 9.17) is 0 Å². The lowest BCUT2D eigenvalue weighted by Crippen LogP contribution is -3.07. The Bertz CT molecular complexity index is 1620. The topological polar surface area (TPSA) is 7.68 Å². The summed E-state index contributed by atoms with van der Waals surface area (Å²) in [4.78, 5) is 3.82. The number of rotatable bonds is 3. The van der Waals surface area contributed by atoms with E-state index in [0.717, 1.165) is 0 Å². The van der Waals surface area contributed by atoms with E-state index in [9.17, 15) is 0 Å². The van der Waals surface area contributed by atoms with Crippen LogP contribution >= 0.6 is 0 Å². The van der Waals surface area contributed by atoms with Crippen LogP contribution in [0.5, 0.6) is 0 Å². The van der Waals surface area contributed by atoms with E-state index >= 15 is 0 Å². The number of anilines is 1. The van der Waals surface area contributed by atoms with Crippen molar-refractivity contribution in [3.8, 4) is 0 Å². The Morgan fingerprint density at radius 3 is 1.88 bits per heavy atom. The van der Waals surface area contributed by atoms with Gasteiger partial charge in [-0.25, -0.2) is 0 Å². The number of benzene rings is 4. The molecule has 2 unspecified atom stereocenters. The van der Waals surface area contributed by atoms with Crippen molar-refractivity contribution in [2.45, 2.75) is 72.3 Å². The number of allylic oxidation sites excluding steroid dienone is 5. The number of nitrogens with one attached hydrogen (secondary N) is 1. The Morgan fingerprint density at radius 2 is 1.24 bits per heavy atom. The van der Waals surface area contributed by atoms with Gasteiger partial charge in [0.2, 0.25) is 0 Å². The molecule has 2 heteroatoms. The van der Waals surface area contributed by atoms with Crippen molar-refractivity contribution in [3.05, 3.63) is 120 Å². The maximum Gasteiger partial charge on any atom is 0.136 e. The van der Waals surface area contributed by atoms with Crippen molar-refractivity contribution >= 4 is 32.9 Å². The summed E-state index contributed by atoms with van der Waals surface area (Å²) in [6, 6.07) is 27.0. The number of fused-ring (bicyclic) bond motifs is 6. The lowest BCUT2D eigenvalue weighted by Gasteiger charge is -2.25. The van der Waals surface area contributed by atoms with Gasteiger partial charge < -0.3 is 4.90 Å². The van der Waals surface area contributed by atoms with E-state index in [2.05, 4.69) is 150 Å². The van der Waals surface area contributed by atoms with Gasteiger partial charge in [-0.15, -0.1) is 0 Å². The van der Waals surface area contributed by atoms with Crippen LogP contribution in [0.4, 0.5) is 11.4 Å². The van der Waals surface area contributed by atoms with Gasteiger partial charge in [0.1, 0.15) is 11.7 Å². The summed E-state index contributed by atoms with van der Waals surface area (Å²) in [5, 5.41) is 5.38. The summed E-state index contributed by atoms with van der Waals surface area (Å²) in [7, 11) is 4.50. The van der Waals surface area contributed by atoms with Crippen LogP contribution in [0, 0.1) is 0 Å². The zero-order chi connectivity index (χ0) is 29.9. The Morgan fingerprint density at radius 1 is 0.683 bits per heavy atom. The first-order chi connectivity index (χ1) is 19.7. The highest BCUT2D eigenvalue weighted by atomic mass is 15.2. The van der Waals surface area contributed by atoms with Crippen molar-refractivity contribution in [2.75, 3.05) is 19.0 Å².